The molecular formula is C14H23N3O2. The van der Waals surface area contributed by atoms with Gasteiger partial charge in [0.25, 0.3) is 0 Å². The zero-order valence-corrected chi connectivity index (χ0v) is 11.8. The van der Waals surface area contributed by atoms with Crippen molar-refractivity contribution in [1.29, 1.82) is 0 Å². The van der Waals surface area contributed by atoms with Crippen LogP contribution in [0.15, 0.2) is 12.4 Å². The lowest BCUT2D eigenvalue weighted by Crippen LogP contribution is -2.27. The number of methoxy groups -OCH3 is 1. The van der Waals surface area contributed by atoms with Crippen LogP contribution in [0.4, 0.5) is 0 Å². The highest BCUT2D eigenvalue weighted by molar-refractivity contribution is 5.16. The lowest BCUT2D eigenvalue weighted by molar-refractivity contribution is 0.0604. The molecule has 0 bridgehead atoms. The Hall–Kier alpha value is -1.20. The van der Waals surface area contributed by atoms with E-state index in [1.807, 2.05) is 6.07 Å². The molecule has 0 aromatic carbocycles. The Balaban J connectivity index is 2.04. The lowest BCUT2D eigenvalue weighted by Gasteiger charge is -2.26. The van der Waals surface area contributed by atoms with Gasteiger partial charge < -0.3 is 14.8 Å². The second-order valence-electron chi connectivity index (χ2n) is 4.89. The summed E-state index contributed by atoms with van der Waals surface area (Å²) in [6.07, 6.45) is 4.95. The molecule has 0 radical (unpaired) electrons. The van der Waals surface area contributed by atoms with Crippen LogP contribution in [0.5, 0.6) is 5.88 Å². The molecule has 2 rings (SSSR count). The van der Waals surface area contributed by atoms with Crippen molar-refractivity contribution in [2.45, 2.75) is 32.2 Å². The largest absolute Gasteiger partial charge is 0.481 e. The summed E-state index contributed by atoms with van der Waals surface area (Å²) >= 11 is 0. The van der Waals surface area contributed by atoms with E-state index in [9.17, 15) is 0 Å². The molecule has 1 aliphatic heterocycles. The van der Waals surface area contributed by atoms with Crippen molar-refractivity contribution in [2.24, 2.45) is 5.92 Å². The van der Waals surface area contributed by atoms with Crippen LogP contribution in [0.1, 0.15) is 37.9 Å². The summed E-state index contributed by atoms with van der Waals surface area (Å²) in [7, 11) is 1.63. The van der Waals surface area contributed by atoms with Gasteiger partial charge in [-0.15, -0.1) is 0 Å². The minimum absolute atomic E-state index is 0.269. The fraction of sp³-hybridized carbons (Fsp3) is 0.714. The van der Waals surface area contributed by atoms with Crippen molar-refractivity contribution in [3.8, 4) is 5.88 Å². The first-order chi connectivity index (χ1) is 9.33. The maximum atomic E-state index is 5.42. The minimum atomic E-state index is 0.269. The van der Waals surface area contributed by atoms with Crippen LogP contribution in [0.2, 0.25) is 0 Å². The molecule has 0 saturated carbocycles. The molecule has 1 atom stereocenters. The monoisotopic (exact) mass is 265 g/mol. The van der Waals surface area contributed by atoms with Gasteiger partial charge in [-0.2, -0.15) is 0 Å². The molecule has 5 heteroatoms. The van der Waals surface area contributed by atoms with Gasteiger partial charge in [-0.25, -0.2) is 9.97 Å². The third-order valence-corrected chi connectivity index (χ3v) is 3.59. The lowest BCUT2D eigenvalue weighted by atomic mass is 9.91. The van der Waals surface area contributed by atoms with E-state index in [0.29, 0.717) is 11.8 Å². The Morgan fingerprint density at radius 1 is 1.42 bits per heavy atom. The van der Waals surface area contributed by atoms with Crippen LogP contribution in [0, 0.1) is 5.92 Å². The van der Waals surface area contributed by atoms with Gasteiger partial charge in [0.1, 0.15) is 6.33 Å². The highest BCUT2D eigenvalue weighted by Gasteiger charge is 2.21. The molecule has 106 valence electrons. The summed E-state index contributed by atoms with van der Waals surface area (Å²) in [6, 6.07) is 2.19. The van der Waals surface area contributed by atoms with Crippen molar-refractivity contribution < 1.29 is 9.47 Å². The van der Waals surface area contributed by atoms with Gasteiger partial charge in [0, 0.05) is 19.3 Å². The summed E-state index contributed by atoms with van der Waals surface area (Å²) in [6.45, 7) is 4.82. The highest BCUT2D eigenvalue weighted by atomic mass is 16.5. The van der Waals surface area contributed by atoms with Crippen LogP contribution in [-0.2, 0) is 4.74 Å². The second kappa shape index (κ2) is 7.40. The number of ether oxygens (including phenoxy) is 2. The summed E-state index contributed by atoms with van der Waals surface area (Å²) in [5.74, 6) is 1.33. The molecule has 19 heavy (non-hydrogen) atoms. The molecular weight excluding hydrogens is 242 g/mol. The number of hydrogen-bond acceptors (Lipinski definition) is 5. The number of rotatable bonds is 6. The summed E-state index contributed by atoms with van der Waals surface area (Å²) < 4.78 is 10.6. The Bertz CT molecular complexity index is 381. The SMILES string of the molecule is CCNC(CC1CCOCC1)c1cc(OC)ncn1. The fourth-order valence-electron chi connectivity index (χ4n) is 2.53. The van der Waals surface area contributed by atoms with Gasteiger partial charge in [0.05, 0.1) is 18.8 Å². The summed E-state index contributed by atoms with van der Waals surface area (Å²) in [4.78, 5) is 8.45. The van der Waals surface area contributed by atoms with Gasteiger partial charge >= 0.3 is 0 Å². The van der Waals surface area contributed by atoms with E-state index in [1.165, 1.54) is 0 Å². The predicted molar refractivity (Wildman–Crippen MR) is 73.2 cm³/mol. The molecule has 1 aliphatic rings. The Labute approximate surface area is 114 Å². The first kappa shape index (κ1) is 14.2. The highest BCUT2D eigenvalue weighted by Crippen LogP contribution is 2.27. The average Bonchev–Trinajstić information content (AvgIpc) is 2.48. The van der Waals surface area contributed by atoms with Gasteiger partial charge in [-0.3, -0.25) is 0 Å². The molecule has 1 unspecified atom stereocenters. The molecule has 1 fully saturated rings. The molecule has 2 heterocycles. The topological polar surface area (TPSA) is 56.3 Å². The zero-order valence-electron chi connectivity index (χ0n) is 11.8. The standard InChI is InChI=1S/C14H23N3O2/c1-3-15-12(8-11-4-6-19-7-5-11)13-9-14(18-2)17-10-16-13/h9-12,15H,3-8H2,1-2H3. The van der Waals surface area contributed by atoms with Crippen LogP contribution in [0.3, 0.4) is 0 Å². The van der Waals surface area contributed by atoms with E-state index in [-0.39, 0.29) is 6.04 Å². The van der Waals surface area contributed by atoms with Crippen molar-refractivity contribution in [2.75, 3.05) is 26.9 Å². The Morgan fingerprint density at radius 3 is 2.89 bits per heavy atom. The molecule has 0 spiro atoms. The molecule has 0 amide bonds. The van der Waals surface area contributed by atoms with Crippen molar-refractivity contribution in [1.82, 2.24) is 15.3 Å². The van der Waals surface area contributed by atoms with Gasteiger partial charge in [0.2, 0.25) is 5.88 Å². The third kappa shape index (κ3) is 4.14. The van der Waals surface area contributed by atoms with Crippen LogP contribution >= 0.6 is 0 Å². The van der Waals surface area contributed by atoms with Crippen molar-refractivity contribution in [3.05, 3.63) is 18.1 Å². The summed E-state index contributed by atoms with van der Waals surface area (Å²) in [5.41, 5.74) is 1.01. The normalized spacial score (nSPS) is 18.2. The van der Waals surface area contributed by atoms with Crippen LogP contribution in [-0.4, -0.2) is 36.8 Å². The van der Waals surface area contributed by atoms with E-state index < -0.39 is 0 Å². The first-order valence-electron chi connectivity index (χ1n) is 7.00. The molecule has 1 aromatic rings. The fourth-order valence-corrected chi connectivity index (χ4v) is 2.53. The Kier molecular flexibility index (Phi) is 5.54. The van der Waals surface area contributed by atoms with E-state index in [4.69, 9.17) is 9.47 Å². The van der Waals surface area contributed by atoms with Crippen LogP contribution < -0.4 is 10.1 Å². The maximum absolute atomic E-state index is 5.42. The molecule has 1 saturated heterocycles. The number of hydrogen-bond donors (Lipinski definition) is 1. The maximum Gasteiger partial charge on any atom is 0.216 e. The van der Waals surface area contributed by atoms with Gasteiger partial charge in [0.15, 0.2) is 0 Å². The smallest absolute Gasteiger partial charge is 0.216 e. The molecule has 5 nitrogen and oxygen atoms in total. The quantitative estimate of drug-likeness (QED) is 0.852. The van der Waals surface area contributed by atoms with Crippen molar-refractivity contribution >= 4 is 0 Å². The van der Waals surface area contributed by atoms with Crippen LogP contribution in [0.25, 0.3) is 0 Å². The average molecular weight is 265 g/mol. The van der Waals surface area contributed by atoms with E-state index in [0.717, 1.165) is 44.7 Å². The zero-order chi connectivity index (χ0) is 13.5. The molecule has 1 aromatic heterocycles. The molecule has 0 aliphatic carbocycles. The third-order valence-electron chi connectivity index (χ3n) is 3.59. The van der Waals surface area contributed by atoms with E-state index in [2.05, 4.69) is 22.2 Å². The predicted octanol–water partition coefficient (Wildman–Crippen LogP) is 1.95. The Morgan fingerprint density at radius 2 is 2.21 bits per heavy atom. The van der Waals surface area contributed by atoms with E-state index in [1.54, 1.807) is 13.4 Å². The van der Waals surface area contributed by atoms with Gasteiger partial charge in [-0.05, 0) is 31.7 Å². The van der Waals surface area contributed by atoms with E-state index >= 15 is 0 Å². The minimum Gasteiger partial charge on any atom is -0.481 e. The first-order valence-corrected chi connectivity index (χ1v) is 7.00. The number of aromatic nitrogens is 2. The van der Waals surface area contributed by atoms with Crippen molar-refractivity contribution in [3.63, 3.8) is 0 Å². The number of nitrogens with zero attached hydrogens (tertiary/aromatic N) is 2. The summed E-state index contributed by atoms with van der Waals surface area (Å²) in [5, 5.41) is 3.51. The number of nitrogens with one attached hydrogen (secondary N) is 1. The van der Waals surface area contributed by atoms with Gasteiger partial charge in [-0.1, -0.05) is 6.92 Å². The molecule has 1 N–H and O–H groups in total. The second-order valence-corrected chi connectivity index (χ2v) is 4.89.